The second-order valence-corrected chi connectivity index (χ2v) is 5.64. The van der Waals surface area contributed by atoms with Gasteiger partial charge in [0.1, 0.15) is 17.5 Å². The van der Waals surface area contributed by atoms with Crippen molar-refractivity contribution in [2.24, 2.45) is 0 Å². The molecule has 118 valence electrons. The van der Waals surface area contributed by atoms with Gasteiger partial charge in [-0.1, -0.05) is 6.92 Å². The summed E-state index contributed by atoms with van der Waals surface area (Å²) in [6.07, 6.45) is 3.42. The van der Waals surface area contributed by atoms with Crippen LogP contribution in [-0.4, -0.2) is 47.5 Å². The Morgan fingerprint density at radius 3 is 2.48 bits per heavy atom. The summed E-state index contributed by atoms with van der Waals surface area (Å²) in [5, 5.41) is 16.4. The second kappa shape index (κ2) is 7.04. The van der Waals surface area contributed by atoms with Crippen LogP contribution in [-0.2, 0) is 11.2 Å². The van der Waals surface area contributed by atoms with E-state index in [1.165, 1.54) is 0 Å². The van der Waals surface area contributed by atoms with Gasteiger partial charge in [-0.05, 0) is 26.2 Å². The smallest absolute Gasteiger partial charge is 0.135 e. The molecule has 0 atom stereocenters. The zero-order valence-electron chi connectivity index (χ0n) is 13.2. The van der Waals surface area contributed by atoms with Crippen molar-refractivity contribution in [1.29, 1.82) is 0 Å². The first-order chi connectivity index (χ1) is 10.1. The molecule has 0 aliphatic carbocycles. The third kappa shape index (κ3) is 3.63. The fourth-order valence-electron chi connectivity index (χ4n) is 2.60. The molecule has 0 aromatic carbocycles. The molecule has 1 fully saturated rings. The lowest BCUT2D eigenvalue weighted by Gasteiger charge is -2.37. The molecule has 0 amide bonds. The normalized spacial score (nSPS) is 17.5. The Balaban J connectivity index is 2.30. The second-order valence-electron chi connectivity index (χ2n) is 5.64. The molecule has 0 radical (unpaired) electrons. The summed E-state index contributed by atoms with van der Waals surface area (Å²) in [6, 6.07) is 0. The van der Waals surface area contributed by atoms with E-state index >= 15 is 0 Å². The SMILES string of the molecule is CCCc1nc(NC)c(C)c(NC2(CO)CCOCC2)n1. The molecule has 0 spiro atoms. The minimum absolute atomic E-state index is 0.0812. The first-order valence-corrected chi connectivity index (χ1v) is 7.66. The van der Waals surface area contributed by atoms with E-state index < -0.39 is 0 Å². The molecule has 2 rings (SSSR count). The molecule has 0 bridgehead atoms. The van der Waals surface area contributed by atoms with Crippen LogP contribution in [0.3, 0.4) is 0 Å². The van der Waals surface area contributed by atoms with Crippen LogP contribution in [0.5, 0.6) is 0 Å². The van der Waals surface area contributed by atoms with Crippen LogP contribution >= 0.6 is 0 Å². The highest BCUT2D eigenvalue weighted by molar-refractivity contribution is 5.58. The van der Waals surface area contributed by atoms with E-state index in [0.717, 1.165) is 48.7 Å². The van der Waals surface area contributed by atoms with Crippen LogP contribution < -0.4 is 10.6 Å². The molecule has 3 N–H and O–H groups in total. The number of hydrogen-bond donors (Lipinski definition) is 3. The first kappa shape index (κ1) is 16.0. The standard InChI is InChI=1S/C15H26N4O2/c1-4-5-12-17-13(16-3)11(2)14(18-12)19-15(10-20)6-8-21-9-7-15/h20H,4-10H2,1-3H3,(H2,16,17,18,19). The van der Waals surface area contributed by atoms with Gasteiger partial charge in [0.05, 0.1) is 12.1 Å². The molecular formula is C15H26N4O2. The molecule has 1 aromatic rings. The lowest BCUT2D eigenvalue weighted by Crippen LogP contribution is -2.47. The minimum atomic E-state index is -0.341. The van der Waals surface area contributed by atoms with Crippen LogP contribution in [0.15, 0.2) is 0 Å². The Morgan fingerprint density at radius 1 is 1.24 bits per heavy atom. The summed E-state index contributed by atoms with van der Waals surface area (Å²) in [5.41, 5.74) is 0.642. The Hall–Kier alpha value is -1.40. The fraction of sp³-hybridized carbons (Fsp3) is 0.733. The molecule has 0 unspecified atom stereocenters. The van der Waals surface area contributed by atoms with E-state index in [4.69, 9.17) is 4.74 Å². The Kier molecular flexibility index (Phi) is 5.36. The number of rotatable bonds is 6. The third-order valence-corrected chi connectivity index (χ3v) is 4.04. The van der Waals surface area contributed by atoms with Crippen LogP contribution in [0.4, 0.5) is 11.6 Å². The Morgan fingerprint density at radius 2 is 1.90 bits per heavy atom. The van der Waals surface area contributed by atoms with Crippen molar-refractivity contribution in [3.8, 4) is 0 Å². The van der Waals surface area contributed by atoms with Crippen LogP contribution in [0, 0.1) is 6.92 Å². The number of aliphatic hydroxyl groups excluding tert-OH is 1. The van der Waals surface area contributed by atoms with Crippen molar-refractivity contribution in [3.05, 3.63) is 11.4 Å². The number of hydrogen-bond acceptors (Lipinski definition) is 6. The maximum Gasteiger partial charge on any atom is 0.135 e. The molecular weight excluding hydrogens is 268 g/mol. The average Bonchev–Trinajstić information content (AvgIpc) is 2.51. The van der Waals surface area contributed by atoms with Crippen molar-refractivity contribution in [2.45, 2.75) is 45.1 Å². The maximum atomic E-state index is 9.82. The van der Waals surface area contributed by atoms with Crippen molar-refractivity contribution < 1.29 is 9.84 Å². The molecule has 1 aromatic heterocycles. The van der Waals surface area contributed by atoms with Gasteiger partial charge in [0, 0.05) is 32.2 Å². The molecule has 0 saturated carbocycles. The van der Waals surface area contributed by atoms with Crippen molar-refractivity contribution in [1.82, 2.24) is 9.97 Å². The van der Waals surface area contributed by atoms with Gasteiger partial charge in [0.2, 0.25) is 0 Å². The quantitative estimate of drug-likeness (QED) is 0.741. The van der Waals surface area contributed by atoms with Gasteiger partial charge in [-0.2, -0.15) is 0 Å². The Bertz CT molecular complexity index is 473. The van der Waals surface area contributed by atoms with Crippen molar-refractivity contribution >= 4 is 11.6 Å². The molecule has 1 saturated heterocycles. The number of nitrogens with zero attached hydrogens (tertiary/aromatic N) is 2. The van der Waals surface area contributed by atoms with E-state index in [1.807, 2.05) is 14.0 Å². The zero-order chi connectivity index (χ0) is 15.3. The van der Waals surface area contributed by atoms with Gasteiger partial charge >= 0.3 is 0 Å². The number of aromatic nitrogens is 2. The largest absolute Gasteiger partial charge is 0.394 e. The summed E-state index contributed by atoms with van der Waals surface area (Å²) < 4.78 is 5.41. The number of ether oxygens (including phenoxy) is 1. The summed E-state index contributed by atoms with van der Waals surface area (Å²) in [6.45, 7) is 5.52. The predicted molar refractivity (Wildman–Crippen MR) is 83.8 cm³/mol. The first-order valence-electron chi connectivity index (χ1n) is 7.66. The van der Waals surface area contributed by atoms with E-state index in [0.29, 0.717) is 13.2 Å². The molecule has 21 heavy (non-hydrogen) atoms. The van der Waals surface area contributed by atoms with Gasteiger partial charge in [-0.3, -0.25) is 0 Å². The van der Waals surface area contributed by atoms with E-state index in [1.54, 1.807) is 0 Å². The highest BCUT2D eigenvalue weighted by Crippen LogP contribution is 2.28. The van der Waals surface area contributed by atoms with E-state index in [2.05, 4.69) is 27.5 Å². The minimum Gasteiger partial charge on any atom is -0.394 e. The number of anilines is 2. The van der Waals surface area contributed by atoms with Gasteiger partial charge in [-0.25, -0.2) is 9.97 Å². The van der Waals surface area contributed by atoms with Crippen LogP contribution in [0.25, 0.3) is 0 Å². The van der Waals surface area contributed by atoms with E-state index in [9.17, 15) is 5.11 Å². The molecule has 1 aliphatic rings. The Labute approximate surface area is 126 Å². The van der Waals surface area contributed by atoms with Crippen LogP contribution in [0.2, 0.25) is 0 Å². The molecule has 1 aliphatic heterocycles. The number of aryl methyl sites for hydroxylation is 1. The topological polar surface area (TPSA) is 79.3 Å². The van der Waals surface area contributed by atoms with Crippen LogP contribution in [0.1, 0.15) is 37.6 Å². The average molecular weight is 294 g/mol. The highest BCUT2D eigenvalue weighted by atomic mass is 16.5. The lowest BCUT2D eigenvalue weighted by atomic mass is 9.91. The lowest BCUT2D eigenvalue weighted by molar-refractivity contribution is 0.0378. The summed E-state index contributed by atoms with van der Waals surface area (Å²) in [5.74, 6) is 2.49. The molecule has 6 heteroatoms. The number of aliphatic hydroxyl groups is 1. The van der Waals surface area contributed by atoms with Crippen molar-refractivity contribution in [3.63, 3.8) is 0 Å². The maximum absolute atomic E-state index is 9.82. The molecule has 6 nitrogen and oxygen atoms in total. The van der Waals surface area contributed by atoms with E-state index in [-0.39, 0.29) is 12.1 Å². The summed E-state index contributed by atoms with van der Waals surface area (Å²) in [4.78, 5) is 9.18. The number of nitrogens with one attached hydrogen (secondary N) is 2. The third-order valence-electron chi connectivity index (χ3n) is 4.04. The van der Waals surface area contributed by atoms with Crippen molar-refractivity contribution in [2.75, 3.05) is 37.5 Å². The van der Waals surface area contributed by atoms with Gasteiger partial charge in [0.15, 0.2) is 0 Å². The van der Waals surface area contributed by atoms with Gasteiger partial charge in [0.25, 0.3) is 0 Å². The fourth-order valence-corrected chi connectivity index (χ4v) is 2.60. The molecule has 2 heterocycles. The summed E-state index contributed by atoms with van der Waals surface area (Å²) in [7, 11) is 1.87. The zero-order valence-corrected chi connectivity index (χ0v) is 13.2. The summed E-state index contributed by atoms with van der Waals surface area (Å²) >= 11 is 0. The monoisotopic (exact) mass is 294 g/mol. The van der Waals surface area contributed by atoms with Gasteiger partial charge in [-0.15, -0.1) is 0 Å². The van der Waals surface area contributed by atoms with Gasteiger partial charge < -0.3 is 20.5 Å². The highest BCUT2D eigenvalue weighted by Gasteiger charge is 2.33. The predicted octanol–water partition coefficient (Wildman–Crippen LogP) is 1.73.